The molecule has 162 valence electrons. The summed E-state index contributed by atoms with van der Waals surface area (Å²) in [5.41, 5.74) is 0.703. The van der Waals surface area contributed by atoms with Crippen LogP contribution in [0.25, 0.3) is 5.52 Å². The predicted molar refractivity (Wildman–Crippen MR) is 115 cm³/mol. The molecule has 6 nitrogen and oxygen atoms in total. The standard InChI is InChI=1S/C21H12ClF3N4O2S/c22-19-13(3-1-12-2-4-15-7-26-11-29(15)8-12)5-17(32-19)20(30)27-14-6-16(23)21(31)28(9-14)10-18(24)25/h2,4-9,11,18H,10H2,(H,27,30). The minimum absolute atomic E-state index is 0.140. The van der Waals surface area contributed by atoms with Gasteiger partial charge in [0.25, 0.3) is 17.9 Å². The number of nitrogens with zero attached hydrogens (tertiary/aromatic N) is 3. The summed E-state index contributed by atoms with van der Waals surface area (Å²) in [7, 11) is 0. The molecule has 4 aromatic heterocycles. The summed E-state index contributed by atoms with van der Waals surface area (Å²) in [5, 5.41) is 2.38. The fourth-order valence-electron chi connectivity index (χ4n) is 2.84. The molecule has 0 bridgehead atoms. The minimum Gasteiger partial charge on any atom is -0.320 e. The Morgan fingerprint density at radius 2 is 2.06 bits per heavy atom. The highest BCUT2D eigenvalue weighted by Crippen LogP contribution is 2.28. The minimum atomic E-state index is -2.86. The van der Waals surface area contributed by atoms with Crippen molar-refractivity contribution >= 4 is 40.0 Å². The van der Waals surface area contributed by atoms with Crippen LogP contribution < -0.4 is 10.9 Å². The summed E-state index contributed by atoms with van der Waals surface area (Å²) >= 11 is 7.15. The Morgan fingerprint density at radius 3 is 2.84 bits per heavy atom. The fraction of sp³-hybridized carbons (Fsp3) is 0.0952. The number of nitrogens with one attached hydrogen (secondary N) is 1. The van der Waals surface area contributed by atoms with Gasteiger partial charge in [0, 0.05) is 24.0 Å². The lowest BCUT2D eigenvalue weighted by Crippen LogP contribution is -2.26. The fourth-order valence-corrected chi connectivity index (χ4v) is 3.93. The number of fused-ring (bicyclic) bond motifs is 1. The van der Waals surface area contributed by atoms with Crippen molar-refractivity contribution in [2.45, 2.75) is 13.0 Å². The third-order valence-electron chi connectivity index (χ3n) is 4.29. The summed E-state index contributed by atoms with van der Waals surface area (Å²) < 4.78 is 41.6. The number of hydrogen-bond acceptors (Lipinski definition) is 4. The summed E-state index contributed by atoms with van der Waals surface area (Å²) in [4.78, 5) is 28.3. The molecule has 0 saturated carbocycles. The van der Waals surface area contributed by atoms with Crippen LogP contribution in [0.15, 0.2) is 54.0 Å². The maximum atomic E-state index is 13.8. The van der Waals surface area contributed by atoms with Gasteiger partial charge in [0.1, 0.15) is 4.34 Å². The molecule has 0 saturated heterocycles. The second-order valence-corrected chi connectivity index (χ2v) is 8.23. The number of anilines is 1. The average molecular weight is 477 g/mol. The maximum absolute atomic E-state index is 13.8. The molecule has 11 heteroatoms. The Balaban J connectivity index is 1.54. The van der Waals surface area contributed by atoms with Crippen LogP contribution in [0.5, 0.6) is 0 Å². The van der Waals surface area contributed by atoms with Crippen molar-refractivity contribution in [3.8, 4) is 11.8 Å². The first kappa shape index (κ1) is 21.7. The average Bonchev–Trinajstić information content (AvgIpc) is 3.35. The number of pyridine rings is 2. The van der Waals surface area contributed by atoms with Gasteiger partial charge in [-0.2, -0.15) is 0 Å². The first-order valence-electron chi connectivity index (χ1n) is 9.02. The highest BCUT2D eigenvalue weighted by atomic mass is 35.5. The molecule has 4 aromatic rings. The number of halogens is 4. The lowest BCUT2D eigenvalue weighted by atomic mass is 10.2. The van der Waals surface area contributed by atoms with Gasteiger partial charge in [0.2, 0.25) is 0 Å². The highest BCUT2D eigenvalue weighted by Gasteiger charge is 2.16. The van der Waals surface area contributed by atoms with Crippen LogP contribution in [-0.4, -0.2) is 26.3 Å². The van der Waals surface area contributed by atoms with E-state index in [1.54, 1.807) is 18.7 Å². The van der Waals surface area contributed by atoms with Gasteiger partial charge in [-0.3, -0.25) is 9.59 Å². The van der Waals surface area contributed by atoms with E-state index in [1.807, 2.05) is 16.5 Å². The largest absolute Gasteiger partial charge is 0.320 e. The quantitative estimate of drug-likeness (QED) is 0.447. The van der Waals surface area contributed by atoms with Gasteiger partial charge in [-0.05, 0) is 18.2 Å². The van der Waals surface area contributed by atoms with Crippen molar-refractivity contribution in [2.75, 3.05) is 5.32 Å². The van der Waals surface area contributed by atoms with Crippen LogP contribution in [-0.2, 0) is 6.54 Å². The van der Waals surface area contributed by atoms with Gasteiger partial charge in [-0.25, -0.2) is 18.2 Å². The van der Waals surface area contributed by atoms with Gasteiger partial charge in [0.05, 0.1) is 40.7 Å². The highest BCUT2D eigenvalue weighted by molar-refractivity contribution is 7.18. The van der Waals surface area contributed by atoms with E-state index in [0.29, 0.717) is 15.7 Å². The molecule has 0 atom stereocenters. The number of carbonyl (C=O) groups is 1. The lowest BCUT2D eigenvalue weighted by molar-refractivity contribution is 0.103. The maximum Gasteiger partial charge on any atom is 0.286 e. The third-order valence-corrected chi connectivity index (χ3v) is 5.65. The van der Waals surface area contributed by atoms with Crippen molar-refractivity contribution in [3.63, 3.8) is 0 Å². The molecule has 0 aromatic carbocycles. The van der Waals surface area contributed by atoms with E-state index in [9.17, 15) is 22.8 Å². The first-order chi connectivity index (χ1) is 15.3. The van der Waals surface area contributed by atoms with Crippen molar-refractivity contribution in [3.05, 3.63) is 85.7 Å². The number of carbonyl (C=O) groups excluding carboxylic acids is 1. The number of thiophene rings is 1. The molecule has 0 unspecified atom stereocenters. The zero-order chi connectivity index (χ0) is 22.8. The molecule has 0 aliphatic carbocycles. The number of aromatic nitrogens is 3. The second kappa shape index (κ2) is 8.90. The number of rotatable bonds is 4. The smallest absolute Gasteiger partial charge is 0.286 e. The lowest BCUT2D eigenvalue weighted by Gasteiger charge is -2.09. The summed E-state index contributed by atoms with van der Waals surface area (Å²) in [5.74, 6) is 3.95. The number of imidazole rings is 1. The first-order valence-corrected chi connectivity index (χ1v) is 10.2. The van der Waals surface area contributed by atoms with Gasteiger partial charge >= 0.3 is 0 Å². The van der Waals surface area contributed by atoms with Crippen LogP contribution in [0.3, 0.4) is 0 Å². The normalized spacial score (nSPS) is 10.9. The van der Waals surface area contributed by atoms with Crippen molar-refractivity contribution in [2.24, 2.45) is 0 Å². The Bertz CT molecular complexity index is 1450. The van der Waals surface area contributed by atoms with E-state index in [1.165, 1.54) is 6.07 Å². The molecular weight excluding hydrogens is 465 g/mol. The Morgan fingerprint density at radius 1 is 1.25 bits per heavy atom. The van der Waals surface area contributed by atoms with E-state index < -0.39 is 30.3 Å². The van der Waals surface area contributed by atoms with Gasteiger partial charge in [-0.1, -0.05) is 23.4 Å². The van der Waals surface area contributed by atoms with E-state index >= 15 is 0 Å². The molecule has 0 radical (unpaired) electrons. The molecule has 4 rings (SSSR count). The summed E-state index contributed by atoms with van der Waals surface area (Å²) in [6, 6.07) is 5.92. The molecule has 0 aliphatic rings. The van der Waals surface area contributed by atoms with E-state index in [-0.39, 0.29) is 14.9 Å². The van der Waals surface area contributed by atoms with E-state index in [0.717, 1.165) is 29.1 Å². The van der Waals surface area contributed by atoms with E-state index in [2.05, 4.69) is 22.1 Å². The zero-order valence-electron chi connectivity index (χ0n) is 16.0. The Kier molecular flexibility index (Phi) is 6.03. The predicted octanol–water partition coefficient (Wildman–Crippen LogP) is 4.27. The number of amides is 1. The van der Waals surface area contributed by atoms with Gasteiger partial charge in [-0.15, -0.1) is 11.3 Å². The molecule has 0 spiro atoms. The Labute approximate surface area is 187 Å². The Hall–Kier alpha value is -3.55. The number of hydrogen-bond donors (Lipinski definition) is 1. The SMILES string of the molecule is O=C(Nc1cc(F)c(=O)n(CC(F)F)c1)c1cc(C#Cc2ccc3cncn3c2)c(Cl)s1. The molecular formula is C21H12ClF3N4O2S. The van der Waals surface area contributed by atoms with Crippen LogP contribution >= 0.6 is 22.9 Å². The topological polar surface area (TPSA) is 68.4 Å². The van der Waals surface area contributed by atoms with Crippen molar-refractivity contribution in [1.29, 1.82) is 0 Å². The van der Waals surface area contributed by atoms with Gasteiger partial charge < -0.3 is 14.3 Å². The van der Waals surface area contributed by atoms with Crippen LogP contribution in [0, 0.1) is 17.7 Å². The van der Waals surface area contributed by atoms with Crippen LogP contribution in [0.1, 0.15) is 20.8 Å². The van der Waals surface area contributed by atoms with Crippen molar-refractivity contribution in [1.82, 2.24) is 14.0 Å². The van der Waals surface area contributed by atoms with Gasteiger partial charge in [0.15, 0.2) is 5.82 Å². The third kappa shape index (κ3) is 4.69. The van der Waals surface area contributed by atoms with Crippen molar-refractivity contribution < 1.29 is 18.0 Å². The molecule has 1 N–H and O–H groups in total. The second-order valence-electron chi connectivity index (χ2n) is 6.57. The number of alkyl halides is 2. The molecule has 32 heavy (non-hydrogen) atoms. The molecule has 1 amide bonds. The summed E-state index contributed by atoms with van der Waals surface area (Å²) in [6.45, 7) is -0.991. The molecule has 0 aliphatic heterocycles. The monoisotopic (exact) mass is 476 g/mol. The van der Waals surface area contributed by atoms with Crippen LogP contribution in [0.2, 0.25) is 4.34 Å². The summed E-state index contributed by atoms with van der Waals surface area (Å²) in [6.07, 6.45) is 3.26. The molecule has 0 fully saturated rings. The van der Waals surface area contributed by atoms with Crippen LogP contribution in [0.4, 0.5) is 18.9 Å². The molecule has 4 heterocycles. The zero-order valence-corrected chi connectivity index (χ0v) is 17.6. The van der Waals surface area contributed by atoms with E-state index in [4.69, 9.17) is 11.6 Å².